The van der Waals surface area contributed by atoms with E-state index < -0.39 is 11.9 Å². The number of halogens is 2. The van der Waals surface area contributed by atoms with Crippen molar-refractivity contribution in [1.29, 1.82) is 0 Å². The molecular formula is C11H11BrFN3O2. The second-order valence-corrected chi connectivity index (χ2v) is 4.71. The first kappa shape index (κ1) is 13.0. The molecule has 1 aromatic carbocycles. The van der Waals surface area contributed by atoms with Crippen LogP contribution in [0.3, 0.4) is 0 Å². The molecule has 3 N–H and O–H groups in total. The number of anilines is 1. The standard InChI is InChI=1S/C11H11BrFN3O2/c12-7-2-1-6(13)3-8(7)16-11(18)9-4-15-10(17)5-14-9/h1-3,9,14H,4-5H2,(H,15,17)(H,16,18). The van der Waals surface area contributed by atoms with Crippen molar-refractivity contribution in [3.63, 3.8) is 0 Å². The van der Waals surface area contributed by atoms with Crippen LogP contribution in [0.1, 0.15) is 0 Å². The van der Waals surface area contributed by atoms with Crippen LogP contribution >= 0.6 is 15.9 Å². The molecule has 2 rings (SSSR count). The lowest BCUT2D eigenvalue weighted by Crippen LogP contribution is -2.56. The smallest absolute Gasteiger partial charge is 0.243 e. The maximum Gasteiger partial charge on any atom is 0.243 e. The first-order valence-corrected chi connectivity index (χ1v) is 6.11. The highest BCUT2D eigenvalue weighted by atomic mass is 79.9. The summed E-state index contributed by atoms with van der Waals surface area (Å²) in [6.45, 7) is 0.319. The van der Waals surface area contributed by atoms with Gasteiger partial charge in [-0.2, -0.15) is 0 Å². The number of carbonyl (C=O) groups is 2. The predicted molar refractivity (Wildman–Crippen MR) is 67.5 cm³/mol. The van der Waals surface area contributed by atoms with E-state index in [0.717, 1.165) is 0 Å². The average molecular weight is 316 g/mol. The molecule has 1 aliphatic rings. The van der Waals surface area contributed by atoms with Crippen molar-refractivity contribution < 1.29 is 14.0 Å². The summed E-state index contributed by atoms with van der Waals surface area (Å²) in [5.74, 6) is -0.898. The Morgan fingerprint density at radius 1 is 1.50 bits per heavy atom. The van der Waals surface area contributed by atoms with Crippen LogP contribution in [0.2, 0.25) is 0 Å². The first-order valence-electron chi connectivity index (χ1n) is 5.32. The molecule has 1 aromatic rings. The maximum atomic E-state index is 13.0. The lowest BCUT2D eigenvalue weighted by Gasteiger charge is -2.23. The van der Waals surface area contributed by atoms with E-state index in [4.69, 9.17) is 0 Å². The molecule has 1 aliphatic heterocycles. The highest BCUT2D eigenvalue weighted by molar-refractivity contribution is 9.10. The molecule has 1 fully saturated rings. The zero-order valence-electron chi connectivity index (χ0n) is 9.30. The Morgan fingerprint density at radius 3 is 2.94 bits per heavy atom. The molecule has 1 heterocycles. The van der Waals surface area contributed by atoms with Gasteiger partial charge >= 0.3 is 0 Å². The molecule has 0 radical (unpaired) electrons. The van der Waals surface area contributed by atoms with E-state index in [9.17, 15) is 14.0 Å². The lowest BCUT2D eigenvalue weighted by molar-refractivity contribution is -0.124. The Kier molecular flexibility index (Phi) is 3.93. The van der Waals surface area contributed by atoms with Gasteiger partial charge in [-0.05, 0) is 34.1 Å². The molecule has 7 heteroatoms. The van der Waals surface area contributed by atoms with E-state index in [1.165, 1.54) is 18.2 Å². The fourth-order valence-electron chi connectivity index (χ4n) is 1.56. The number of nitrogens with one attached hydrogen (secondary N) is 3. The number of amides is 2. The van der Waals surface area contributed by atoms with Crippen molar-refractivity contribution >= 4 is 33.4 Å². The van der Waals surface area contributed by atoms with Crippen LogP contribution < -0.4 is 16.0 Å². The van der Waals surface area contributed by atoms with Gasteiger partial charge < -0.3 is 10.6 Å². The topological polar surface area (TPSA) is 70.2 Å². The number of piperazine rings is 1. The third-order valence-electron chi connectivity index (χ3n) is 2.52. The molecular weight excluding hydrogens is 305 g/mol. The summed E-state index contributed by atoms with van der Waals surface area (Å²) in [6.07, 6.45) is 0. The van der Waals surface area contributed by atoms with E-state index in [1.54, 1.807) is 0 Å². The highest BCUT2D eigenvalue weighted by Gasteiger charge is 2.24. The van der Waals surface area contributed by atoms with Crippen molar-refractivity contribution in [2.45, 2.75) is 6.04 Å². The minimum Gasteiger partial charge on any atom is -0.353 e. The van der Waals surface area contributed by atoms with E-state index >= 15 is 0 Å². The minimum absolute atomic E-state index is 0.0996. The van der Waals surface area contributed by atoms with Gasteiger partial charge in [0, 0.05) is 11.0 Å². The average Bonchev–Trinajstić information content (AvgIpc) is 2.34. The summed E-state index contributed by atoms with van der Waals surface area (Å²) in [5, 5.41) is 7.96. The molecule has 1 saturated heterocycles. The lowest BCUT2D eigenvalue weighted by atomic mass is 10.2. The van der Waals surface area contributed by atoms with E-state index in [2.05, 4.69) is 31.9 Å². The Hall–Kier alpha value is -1.47. The Morgan fingerprint density at radius 2 is 2.28 bits per heavy atom. The summed E-state index contributed by atoms with van der Waals surface area (Å²) in [4.78, 5) is 22.8. The third kappa shape index (κ3) is 3.05. The molecule has 96 valence electrons. The van der Waals surface area contributed by atoms with Gasteiger partial charge in [0.25, 0.3) is 0 Å². The van der Waals surface area contributed by atoms with Gasteiger partial charge in [0.2, 0.25) is 11.8 Å². The molecule has 0 saturated carbocycles. The van der Waals surface area contributed by atoms with E-state index in [-0.39, 0.29) is 24.9 Å². The van der Waals surface area contributed by atoms with Crippen molar-refractivity contribution in [1.82, 2.24) is 10.6 Å². The van der Waals surface area contributed by atoms with E-state index in [1.807, 2.05) is 0 Å². The van der Waals surface area contributed by atoms with Crippen molar-refractivity contribution in [2.75, 3.05) is 18.4 Å². The molecule has 18 heavy (non-hydrogen) atoms. The Bertz CT molecular complexity index is 485. The molecule has 0 spiro atoms. The molecule has 0 aromatic heterocycles. The van der Waals surface area contributed by atoms with Crippen LogP contribution in [0.5, 0.6) is 0 Å². The van der Waals surface area contributed by atoms with Gasteiger partial charge in [-0.3, -0.25) is 14.9 Å². The van der Waals surface area contributed by atoms with Crippen LogP contribution in [0.15, 0.2) is 22.7 Å². The molecule has 0 bridgehead atoms. The molecule has 2 amide bonds. The van der Waals surface area contributed by atoms with Crippen LogP contribution in [-0.4, -0.2) is 30.9 Å². The fraction of sp³-hybridized carbons (Fsp3) is 0.273. The number of rotatable bonds is 2. The molecule has 5 nitrogen and oxygen atoms in total. The quantitative estimate of drug-likeness (QED) is 0.749. The number of carbonyl (C=O) groups excluding carboxylic acids is 2. The number of hydrogen-bond donors (Lipinski definition) is 3. The van der Waals surface area contributed by atoms with E-state index in [0.29, 0.717) is 10.2 Å². The molecule has 1 atom stereocenters. The minimum atomic E-state index is -0.516. The summed E-state index contributed by atoms with van der Waals surface area (Å²) < 4.78 is 13.6. The van der Waals surface area contributed by atoms with Crippen molar-refractivity contribution in [2.24, 2.45) is 0 Å². The highest BCUT2D eigenvalue weighted by Crippen LogP contribution is 2.23. The summed E-state index contributed by atoms with van der Waals surface area (Å²) in [7, 11) is 0. The largest absolute Gasteiger partial charge is 0.353 e. The predicted octanol–water partition coefficient (Wildman–Crippen LogP) is 0.615. The third-order valence-corrected chi connectivity index (χ3v) is 3.21. The fourth-order valence-corrected chi connectivity index (χ4v) is 1.91. The van der Waals surface area contributed by atoms with Gasteiger partial charge in [-0.15, -0.1) is 0 Å². The molecule has 0 aliphatic carbocycles. The number of benzene rings is 1. The second-order valence-electron chi connectivity index (χ2n) is 3.85. The van der Waals surface area contributed by atoms with Crippen LogP contribution in [-0.2, 0) is 9.59 Å². The van der Waals surface area contributed by atoms with Crippen LogP contribution in [0.4, 0.5) is 10.1 Å². The monoisotopic (exact) mass is 315 g/mol. The van der Waals surface area contributed by atoms with Crippen molar-refractivity contribution in [3.8, 4) is 0 Å². The van der Waals surface area contributed by atoms with Gasteiger partial charge in [-0.1, -0.05) is 0 Å². The Balaban J connectivity index is 2.02. The van der Waals surface area contributed by atoms with Gasteiger partial charge in [0.15, 0.2) is 0 Å². The zero-order valence-corrected chi connectivity index (χ0v) is 10.9. The first-order chi connectivity index (χ1) is 8.56. The van der Waals surface area contributed by atoms with Gasteiger partial charge in [0.05, 0.1) is 12.2 Å². The van der Waals surface area contributed by atoms with Gasteiger partial charge in [0.1, 0.15) is 11.9 Å². The van der Waals surface area contributed by atoms with Crippen molar-refractivity contribution in [3.05, 3.63) is 28.5 Å². The SMILES string of the molecule is O=C1CNC(C(=O)Nc2cc(F)ccc2Br)CN1. The maximum absolute atomic E-state index is 13.0. The van der Waals surface area contributed by atoms with Crippen LogP contribution in [0, 0.1) is 5.82 Å². The zero-order chi connectivity index (χ0) is 13.1. The summed E-state index contributed by atoms with van der Waals surface area (Å²) in [6, 6.07) is 3.52. The summed E-state index contributed by atoms with van der Waals surface area (Å²) in [5.41, 5.74) is 0.360. The Labute approximate surface area is 111 Å². The van der Waals surface area contributed by atoms with Gasteiger partial charge in [-0.25, -0.2) is 4.39 Å². The number of hydrogen-bond acceptors (Lipinski definition) is 3. The second kappa shape index (κ2) is 5.45. The van der Waals surface area contributed by atoms with Crippen LogP contribution in [0.25, 0.3) is 0 Å². The summed E-state index contributed by atoms with van der Waals surface area (Å²) >= 11 is 3.22. The molecule has 1 unspecified atom stereocenters. The normalized spacial score (nSPS) is 19.2.